The number of fused-ring (bicyclic) bond motifs is 1. The number of rotatable bonds is 1. The van der Waals surface area contributed by atoms with Crippen LogP contribution in [0.4, 0.5) is 0 Å². The number of carbonyl (C=O) groups excluding carboxylic acids is 1. The van der Waals surface area contributed by atoms with E-state index < -0.39 is 0 Å². The summed E-state index contributed by atoms with van der Waals surface area (Å²) in [6.07, 6.45) is 0. The van der Waals surface area contributed by atoms with Crippen LogP contribution in [0.3, 0.4) is 0 Å². The van der Waals surface area contributed by atoms with Crippen LogP contribution in [0.2, 0.25) is 0 Å². The average Bonchev–Trinajstić information content (AvgIpc) is 2.90. The molecule has 0 radical (unpaired) electrons. The van der Waals surface area contributed by atoms with Crippen LogP contribution >= 0.6 is 35.7 Å². The fraction of sp³-hybridized carbons (Fsp3) is 0.167. The maximum atomic E-state index is 12.1. The van der Waals surface area contributed by atoms with Crippen molar-refractivity contribution in [1.29, 1.82) is 0 Å². The molecule has 1 aromatic carbocycles. The highest BCUT2D eigenvalue weighted by molar-refractivity contribution is 8.24. The Morgan fingerprint density at radius 2 is 1.89 bits per heavy atom. The molecule has 6 heteroatoms. The van der Waals surface area contributed by atoms with Crippen molar-refractivity contribution in [1.82, 2.24) is 4.90 Å². The lowest BCUT2D eigenvalue weighted by Crippen LogP contribution is -2.27. The lowest BCUT2D eigenvalue weighted by atomic mass is 10.4. The van der Waals surface area contributed by atoms with Crippen LogP contribution < -0.4 is 0 Å². The maximum absolute atomic E-state index is 12.1. The molecule has 3 rings (SSSR count). The molecule has 0 spiro atoms. The van der Waals surface area contributed by atoms with Crippen LogP contribution in [-0.4, -0.2) is 22.5 Å². The third kappa shape index (κ3) is 1.84. The van der Waals surface area contributed by atoms with Gasteiger partial charge in [0.25, 0.3) is 11.1 Å². The van der Waals surface area contributed by atoms with Crippen LogP contribution in [0.1, 0.15) is 6.92 Å². The molecule has 0 N–H and O–H groups in total. The molecule has 2 heterocycles. The van der Waals surface area contributed by atoms with E-state index in [-0.39, 0.29) is 11.1 Å². The third-order valence-electron chi connectivity index (χ3n) is 2.61. The number of carbonyl (C=O) groups is 1. The first-order chi connectivity index (χ1) is 8.70. The monoisotopic (exact) mass is 295 g/mol. The molecule has 1 saturated heterocycles. The van der Waals surface area contributed by atoms with E-state index in [9.17, 15) is 4.79 Å². The Balaban J connectivity index is 1.96. The summed E-state index contributed by atoms with van der Waals surface area (Å²) in [6.45, 7) is 2.42. The highest BCUT2D eigenvalue weighted by Crippen LogP contribution is 2.52. The smallest absolute Gasteiger partial charge is 0.298 e. The molecule has 1 aromatic rings. The van der Waals surface area contributed by atoms with Crippen molar-refractivity contribution < 1.29 is 9.53 Å². The number of likely N-dealkylation sites (N-methyl/N-ethyl adjacent to an activating group) is 1. The van der Waals surface area contributed by atoms with Gasteiger partial charge >= 0.3 is 0 Å². The summed E-state index contributed by atoms with van der Waals surface area (Å²) >= 11 is 8.17. The summed E-state index contributed by atoms with van der Waals surface area (Å²) in [4.78, 5) is 15.9. The summed E-state index contributed by atoms with van der Waals surface area (Å²) < 4.78 is 6.31. The van der Waals surface area contributed by atoms with E-state index in [1.807, 2.05) is 31.2 Å². The standard InChI is InChI=1S/C12H9NO2S3/c1-2-13-10(14)9(15-12(13)16)11-17-7-5-3-4-6-8(7)18-11/h3-6H,2H2,1H3. The minimum atomic E-state index is -0.134. The second kappa shape index (κ2) is 4.60. The van der Waals surface area contributed by atoms with E-state index in [0.29, 0.717) is 12.3 Å². The summed E-state index contributed by atoms with van der Waals surface area (Å²) in [6, 6.07) is 8.05. The van der Waals surface area contributed by atoms with Crippen molar-refractivity contribution in [2.24, 2.45) is 0 Å². The largest absolute Gasteiger partial charge is 0.424 e. The van der Waals surface area contributed by atoms with Crippen molar-refractivity contribution in [2.45, 2.75) is 16.7 Å². The lowest BCUT2D eigenvalue weighted by molar-refractivity contribution is -0.122. The quantitative estimate of drug-likeness (QED) is 0.586. The molecule has 2 aliphatic heterocycles. The van der Waals surface area contributed by atoms with Gasteiger partial charge in [-0.2, -0.15) is 0 Å². The van der Waals surface area contributed by atoms with E-state index in [4.69, 9.17) is 17.0 Å². The van der Waals surface area contributed by atoms with E-state index in [2.05, 4.69) is 0 Å². The Morgan fingerprint density at radius 3 is 2.39 bits per heavy atom. The number of ether oxygens (including phenoxy) is 1. The molecule has 92 valence electrons. The van der Waals surface area contributed by atoms with Gasteiger partial charge in [-0.15, -0.1) is 0 Å². The van der Waals surface area contributed by atoms with Gasteiger partial charge in [-0.25, -0.2) is 0 Å². The van der Waals surface area contributed by atoms with Crippen LogP contribution in [0.25, 0.3) is 0 Å². The first-order valence-corrected chi connectivity index (χ1v) is 7.47. The molecule has 18 heavy (non-hydrogen) atoms. The predicted molar refractivity (Wildman–Crippen MR) is 76.3 cm³/mol. The second-order valence-corrected chi connectivity index (χ2v) is 6.40. The van der Waals surface area contributed by atoms with Gasteiger partial charge in [-0.3, -0.25) is 9.69 Å². The van der Waals surface area contributed by atoms with Gasteiger partial charge in [0.2, 0.25) is 5.76 Å². The van der Waals surface area contributed by atoms with Crippen molar-refractivity contribution in [3.63, 3.8) is 0 Å². The number of benzene rings is 1. The molecular formula is C12H9NO2S3. The highest BCUT2D eigenvalue weighted by atomic mass is 32.2. The number of hydrogen-bond donors (Lipinski definition) is 0. The molecule has 3 nitrogen and oxygen atoms in total. The first-order valence-electron chi connectivity index (χ1n) is 5.43. The minimum Gasteiger partial charge on any atom is -0.424 e. The van der Waals surface area contributed by atoms with E-state index >= 15 is 0 Å². The highest BCUT2D eigenvalue weighted by Gasteiger charge is 2.37. The molecular weight excluding hydrogens is 286 g/mol. The maximum Gasteiger partial charge on any atom is 0.298 e. The van der Waals surface area contributed by atoms with Crippen molar-refractivity contribution in [3.8, 4) is 0 Å². The molecule has 0 aromatic heterocycles. The van der Waals surface area contributed by atoms with Gasteiger partial charge in [0, 0.05) is 16.3 Å². The molecule has 1 amide bonds. The zero-order valence-electron chi connectivity index (χ0n) is 9.50. The number of amides is 1. The first kappa shape index (κ1) is 12.1. The average molecular weight is 295 g/mol. The number of thioether (sulfide) groups is 2. The molecule has 0 bridgehead atoms. The fourth-order valence-corrected chi connectivity index (χ4v) is 4.45. The second-order valence-electron chi connectivity index (χ2n) is 3.68. The topological polar surface area (TPSA) is 29.5 Å². The van der Waals surface area contributed by atoms with Gasteiger partial charge in [0.1, 0.15) is 0 Å². The third-order valence-corrected chi connectivity index (χ3v) is 5.43. The van der Waals surface area contributed by atoms with Gasteiger partial charge in [0.05, 0.1) is 4.24 Å². The van der Waals surface area contributed by atoms with Crippen molar-refractivity contribution >= 4 is 46.8 Å². The number of hydrogen-bond acceptors (Lipinski definition) is 5. The summed E-state index contributed by atoms with van der Waals surface area (Å²) in [5.74, 6) is 0.235. The number of nitrogens with zero attached hydrogens (tertiary/aromatic N) is 1. The predicted octanol–water partition coefficient (Wildman–Crippen LogP) is 3.22. The molecule has 0 saturated carbocycles. The molecule has 0 atom stereocenters. The normalized spacial score (nSPS) is 18.4. The summed E-state index contributed by atoms with van der Waals surface area (Å²) in [5.41, 5.74) is 0. The number of thiocarbonyl (C=S) groups is 1. The van der Waals surface area contributed by atoms with E-state index in [1.54, 1.807) is 23.5 Å². The summed E-state index contributed by atoms with van der Waals surface area (Å²) in [7, 11) is 0. The van der Waals surface area contributed by atoms with Gasteiger partial charge < -0.3 is 4.74 Å². The van der Waals surface area contributed by atoms with Crippen LogP contribution in [0.15, 0.2) is 44.1 Å². The Hall–Kier alpha value is -0.980. The molecule has 0 unspecified atom stereocenters. The van der Waals surface area contributed by atoms with Gasteiger partial charge in [-0.05, 0) is 31.3 Å². The Morgan fingerprint density at radius 1 is 1.28 bits per heavy atom. The Bertz CT molecular complexity index is 555. The van der Waals surface area contributed by atoms with Crippen LogP contribution in [-0.2, 0) is 9.53 Å². The van der Waals surface area contributed by atoms with E-state index in [0.717, 1.165) is 14.0 Å². The van der Waals surface area contributed by atoms with Crippen LogP contribution in [0.5, 0.6) is 0 Å². The fourth-order valence-electron chi connectivity index (χ4n) is 1.73. The SMILES string of the molecule is CCN1C(=O)C(=C2Sc3ccccc3S2)OC1=S. The summed E-state index contributed by atoms with van der Waals surface area (Å²) in [5, 5.41) is 0.252. The minimum absolute atomic E-state index is 0.134. The zero-order chi connectivity index (χ0) is 12.7. The van der Waals surface area contributed by atoms with Gasteiger partial charge in [-0.1, -0.05) is 35.7 Å². The molecule has 0 aliphatic carbocycles. The zero-order valence-corrected chi connectivity index (χ0v) is 12.0. The van der Waals surface area contributed by atoms with Crippen molar-refractivity contribution in [3.05, 3.63) is 34.3 Å². The Kier molecular flexibility index (Phi) is 3.09. The molecule has 1 fully saturated rings. The van der Waals surface area contributed by atoms with Gasteiger partial charge in [0.15, 0.2) is 0 Å². The lowest BCUT2D eigenvalue weighted by Gasteiger charge is -2.06. The van der Waals surface area contributed by atoms with E-state index in [1.165, 1.54) is 4.90 Å². The van der Waals surface area contributed by atoms with Crippen LogP contribution in [0, 0.1) is 0 Å². The molecule has 2 aliphatic rings. The van der Waals surface area contributed by atoms with Crippen molar-refractivity contribution in [2.75, 3.05) is 6.54 Å². The Labute approximate surface area is 119 Å².